The van der Waals surface area contributed by atoms with E-state index in [1.54, 1.807) is 36.4 Å². The number of carbonyl (C=O) groups is 4. The molecule has 13 heteroatoms. The highest BCUT2D eigenvalue weighted by atomic mass is 79.9. The number of alkyl halides is 3. The summed E-state index contributed by atoms with van der Waals surface area (Å²) in [5, 5.41) is 11.3. The molecule has 1 N–H and O–H groups in total. The lowest BCUT2D eigenvalue weighted by Gasteiger charge is -2.50. The molecule has 2 aliphatic heterocycles. The maximum absolute atomic E-state index is 14.0. The molecule has 1 saturated carbocycles. The molecule has 2 aliphatic carbocycles. The van der Waals surface area contributed by atoms with Crippen molar-refractivity contribution in [2.45, 2.75) is 28.5 Å². The van der Waals surface area contributed by atoms with Crippen molar-refractivity contribution in [3.05, 3.63) is 62.6 Å². The van der Waals surface area contributed by atoms with Gasteiger partial charge in [-0.3, -0.25) is 29.0 Å². The van der Waals surface area contributed by atoms with Gasteiger partial charge in [-0.2, -0.15) is 0 Å². The molecule has 2 heterocycles. The smallest absolute Gasteiger partial charge is 0.254 e. The second-order valence-corrected chi connectivity index (χ2v) is 14.1. The molecular weight excluding hydrogens is 771 g/mol. The van der Waals surface area contributed by atoms with E-state index in [0.29, 0.717) is 15.7 Å². The number of hydrogen-bond donors (Lipinski definition) is 1. The van der Waals surface area contributed by atoms with Crippen LogP contribution in [0.4, 0.5) is 5.69 Å². The predicted octanol–water partition coefficient (Wildman–Crippen LogP) is 5.84. The topological polar surface area (TPSA) is 104 Å². The molecule has 0 radical (unpaired) electrons. The van der Waals surface area contributed by atoms with E-state index in [2.05, 4.69) is 47.8 Å². The van der Waals surface area contributed by atoms with Crippen LogP contribution in [0.25, 0.3) is 0 Å². The fourth-order valence-corrected chi connectivity index (χ4v) is 9.05. The average molecular weight is 792 g/mol. The van der Waals surface area contributed by atoms with Crippen LogP contribution in [-0.4, -0.2) is 55.9 Å². The number of amides is 4. The number of aromatic hydroxyl groups is 1. The van der Waals surface area contributed by atoms with Gasteiger partial charge in [0.05, 0.1) is 30.1 Å². The molecule has 6 atom stereocenters. The Labute approximate surface area is 270 Å². The highest BCUT2D eigenvalue weighted by Crippen LogP contribution is 2.66. The van der Waals surface area contributed by atoms with E-state index < -0.39 is 51.1 Å². The average Bonchev–Trinajstić information content (AvgIpc) is 3.28. The van der Waals surface area contributed by atoms with Crippen LogP contribution in [0.1, 0.15) is 24.3 Å². The minimum absolute atomic E-state index is 0.119. The molecule has 6 rings (SSSR count). The number of carbonyl (C=O) groups excluding carboxylic acids is 4. The van der Waals surface area contributed by atoms with Crippen LogP contribution in [0, 0.1) is 17.8 Å². The number of phenolic OH excluding ortho intramolecular Hbond substituents is 1. The molecule has 6 unspecified atom stereocenters. The van der Waals surface area contributed by atoms with E-state index >= 15 is 0 Å². The van der Waals surface area contributed by atoms with E-state index in [4.69, 9.17) is 27.9 Å². The summed E-state index contributed by atoms with van der Waals surface area (Å²) < 4.78 is 6.70. The number of halogens is 5. The molecule has 2 saturated heterocycles. The molecule has 41 heavy (non-hydrogen) atoms. The molecule has 0 spiro atoms. The lowest BCUT2D eigenvalue weighted by atomic mass is 9.56. The Morgan fingerprint density at radius 2 is 1.68 bits per heavy atom. The standard InChI is InChI=1S/C28H21Br3Cl2N2O6/c1-41-19-9-13(31)8-17(22(19)36)21-15-6-7-16-20(24(38)35(23(16)37)14-4-2-12(30)3-5-14)18(15)10-27(32)25(39)34(11-29)26(40)28(21,27)33/h2-6,8-9,16,18,20-21,36H,7,10-11H2,1H3. The Morgan fingerprint density at radius 1 is 1.00 bits per heavy atom. The zero-order valence-electron chi connectivity index (χ0n) is 21.2. The van der Waals surface area contributed by atoms with E-state index in [-0.39, 0.29) is 41.3 Å². The van der Waals surface area contributed by atoms with Crippen LogP contribution in [0.3, 0.4) is 0 Å². The fraction of sp³-hybridized carbons (Fsp3) is 0.357. The summed E-state index contributed by atoms with van der Waals surface area (Å²) in [5.74, 6) is -5.69. The highest BCUT2D eigenvalue weighted by Gasteiger charge is 2.76. The second kappa shape index (κ2) is 10.1. The molecule has 4 amide bonds. The monoisotopic (exact) mass is 788 g/mol. The van der Waals surface area contributed by atoms with Gasteiger partial charge in [0.2, 0.25) is 11.8 Å². The van der Waals surface area contributed by atoms with Crippen molar-refractivity contribution in [3.63, 3.8) is 0 Å². The number of phenols is 1. The number of anilines is 1. The van der Waals surface area contributed by atoms with E-state index in [1.807, 2.05) is 6.08 Å². The van der Waals surface area contributed by atoms with Gasteiger partial charge in [0.1, 0.15) is 0 Å². The van der Waals surface area contributed by atoms with Gasteiger partial charge >= 0.3 is 0 Å². The number of imide groups is 2. The van der Waals surface area contributed by atoms with E-state index in [9.17, 15) is 24.3 Å². The van der Waals surface area contributed by atoms with Crippen LogP contribution in [0.15, 0.2) is 57.0 Å². The normalized spacial score (nSPS) is 32.6. The molecule has 4 aliphatic rings. The Balaban J connectivity index is 1.55. The molecule has 0 bridgehead atoms. The van der Waals surface area contributed by atoms with Gasteiger partial charge in [0.25, 0.3) is 11.8 Å². The molecule has 2 aromatic carbocycles. The van der Waals surface area contributed by atoms with Crippen molar-refractivity contribution < 1.29 is 29.0 Å². The first kappa shape index (κ1) is 29.2. The van der Waals surface area contributed by atoms with Gasteiger partial charge in [0, 0.05) is 20.4 Å². The van der Waals surface area contributed by atoms with Crippen molar-refractivity contribution in [2.75, 3.05) is 17.5 Å². The van der Waals surface area contributed by atoms with Crippen molar-refractivity contribution in [1.82, 2.24) is 4.90 Å². The molecule has 2 aromatic rings. The fourth-order valence-electron chi connectivity index (χ4n) is 6.91. The molecule has 8 nitrogen and oxygen atoms in total. The third-order valence-electron chi connectivity index (χ3n) is 8.70. The quantitative estimate of drug-likeness (QED) is 0.181. The number of ether oxygens (including phenoxy) is 1. The Kier molecular flexibility index (Phi) is 7.17. The van der Waals surface area contributed by atoms with Gasteiger partial charge in [0.15, 0.2) is 21.2 Å². The van der Waals surface area contributed by atoms with Crippen molar-refractivity contribution >= 4 is 100 Å². The van der Waals surface area contributed by atoms with Crippen LogP contribution < -0.4 is 9.64 Å². The molecular formula is C28H21Br3Cl2N2O6. The molecule has 0 aromatic heterocycles. The Bertz CT molecular complexity index is 1570. The van der Waals surface area contributed by atoms with Gasteiger partial charge in [-0.25, -0.2) is 0 Å². The van der Waals surface area contributed by atoms with Crippen LogP contribution >= 0.6 is 71.0 Å². The largest absolute Gasteiger partial charge is 0.504 e. The SMILES string of the molecule is COc1cc(Br)cc(C2C3=CCC4C(=O)N(c5ccc(Br)cc5)C(=O)C4C3CC3(Cl)C(=O)N(CBr)C(=O)C23Cl)c1O. The highest BCUT2D eigenvalue weighted by molar-refractivity contribution is 9.10. The number of fused-ring (bicyclic) bond motifs is 4. The summed E-state index contributed by atoms with van der Waals surface area (Å²) in [7, 11) is 1.39. The summed E-state index contributed by atoms with van der Waals surface area (Å²) in [6.07, 6.45) is 1.88. The minimum Gasteiger partial charge on any atom is -0.504 e. The maximum Gasteiger partial charge on any atom is 0.254 e. The first-order valence-corrected chi connectivity index (χ1v) is 16.1. The summed E-state index contributed by atoms with van der Waals surface area (Å²) in [6, 6.07) is 10.0. The zero-order valence-corrected chi connectivity index (χ0v) is 27.5. The lowest BCUT2D eigenvalue weighted by Crippen LogP contribution is -2.60. The summed E-state index contributed by atoms with van der Waals surface area (Å²) in [5.41, 5.74) is 1.08. The number of rotatable bonds is 4. The summed E-state index contributed by atoms with van der Waals surface area (Å²) in [6.45, 7) is 0. The third kappa shape index (κ3) is 3.88. The number of hydrogen-bond acceptors (Lipinski definition) is 6. The Morgan fingerprint density at radius 3 is 2.32 bits per heavy atom. The van der Waals surface area contributed by atoms with E-state index in [1.165, 1.54) is 12.0 Å². The Hall–Kier alpha value is -1.92. The minimum atomic E-state index is -2.03. The summed E-state index contributed by atoms with van der Waals surface area (Å²) in [4.78, 5) is 53.5. The first-order chi connectivity index (χ1) is 19.4. The summed E-state index contributed by atoms with van der Waals surface area (Å²) >= 11 is 24.5. The van der Waals surface area contributed by atoms with Gasteiger partial charge < -0.3 is 9.84 Å². The molecule has 3 fully saturated rings. The molecule has 214 valence electrons. The van der Waals surface area contributed by atoms with Crippen LogP contribution in [0.2, 0.25) is 0 Å². The first-order valence-electron chi connectivity index (χ1n) is 12.6. The predicted molar refractivity (Wildman–Crippen MR) is 162 cm³/mol. The number of allylic oxidation sites excluding steroid dienone is 2. The zero-order chi connectivity index (χ0) is 29.6. The third-order valence-corrected chi connectivity index (χ3v) is 11.6. The number of nitrogens with zero attached hydrogens (tertiary/aromatic N) is 2. The van der Waals surface area contributed by atoms with Gasteiger partial charge in [-0.1, -0.05) is 59.4 Å². The van der Waals surface area contributed by atoms with E-state index in [0.717, 1.165) is 9.37 Å². The van der Waals surface area contributed by atoms with Gasteiger partial charge in [-0.15, -0.1) is 23.2 Å². The van der Waals surface area contributed by atoms with Crippen molar-refractivity contribution in [2.24, 2.45) is 17.8 Å². The van der Waals surface area contributed by atoms with Crippen molar-refractivity contribution in [3.8, 4) is 11.5 Å². The number of likely N-dealkylation sites (tertiary alicyclic amines) is 1. The number of benzene rings is 2. The number of methoxy groups -OCH3 is 1. The van der Waals surface area contributed by atoms with Crippen molar-refractivity contribution in [1.29, 1.82) is 0 Å². The second-order valence-electron chi connectivity index (χ2n) is 10.5. The maximum atomic E-state index is 14.0. The van der Waals surface area contributed by atoms with Crippen LogP contribution in [-0.2, 0) is 19.2 Å². The van der Waals surface area contributed by atoms with Crippen LogP contribution in [0.5, 0.6) is 11.5 Å². The lowest BCUT2D eigenvalue weighted by molar-refractivity contribution is -0.138. The van der Waals surface area contributed by atoms with Gasteiger partial charge in [-0.05, 0) is 55.2 Å².